The lowest BCUT2D eigenvalue weighted by Gasteiger charge is -2.04. The first-order valence-electron chi connectivity index (χ1n) is 4.51. The smallest absolute Gasteiger partial charge is 0.331 e. The minimum absolute atomic E-state index is 0.381. The molecule has 0 atom stereocenters. The zero-order valence-electron chi connectivity index (χ0n) is 7.69. The number of carboxylic acid groups (broad SMARTS) is 1. The molecule has 74 valence electrons. The molecule has 5 heteroatoms. The van der Waals surface area contributed by atoms with Gasteiger partial charge >= 0.3 is 5.97 Å². The molecule has 2 N–H and O–H groups in total. The Morgan fingerprint density at radius 3 is 3.13 bits per heavy atom. The summed E-state index contributed by atoms with van der Waals surface area (Å²) in [5, 5.41) is 9.80. The number of aromatic nitrogens is 1. The van der Waals surface area contributed by atoms with Gasteiger partial charge in [-0.15, -0.1) is 0 Å². The van der Waals surface area contributed by atoms with E-state index >= 15 is 0 Å². The molecule has 0 saturated carbocycles. The third-order valence-corrected chi connectivity index (χ3v) is 2.56. The lowest BCUT2D eigenvalue weighted by atomic mass is 10.0. The van der Waals surface area contributed by atoms with Crippen molar-refractivity contribution in [2.24, 2.45) is 9.98 Å². The van der Waals surface area contributed by atoms with Gasteiger partial charge < -0.3 is 10.1 Å². The molecule has 0 amide bonds. The molecule has 2 aliphatic rings. The van der Waals surface area contributed by atoms with Gasteiger partial charge in [-0.3, -0.25) is 0 Å². The molecule has 3 rings (SSSR count). The molecule has 5 nitrogen and oxygen atoms in total. The lowest BCUT2D eigenvalue weighted by Crippen LogP contribution is -2.17. The summed E-state index contributed by atoms with van der Waals surface area (Å²) in [6.07, 6.45) is 5.24. The number of hydrogen-bond acceptors (Lipinski definition) is 3. The molecule has 1 aromatic rings. The first-order valence-corrected chi connectivity index (χ1v) is 4.51. The Bertz CT molecular complexity index is 634. The van der Waals surface area contributed by atoms with Gasteiger partial charge in [0, 0.05) is 22.9 Å². The molecule has 0 radical (unpaired) electrons. The highest BCUT2D eigenvalue weighted by atomic mass is 16.4. The van der Waals surface area contributed by atoms with Crippen LogP contribution in [0, 0.1) is 0 Å². The fourth-order valence-corrected chi connectivity index (χ4v) is 1.81. The maximum absolute atomic E-state index is 10.8. The van der Waals surface area contributed by atoms with Gasteiger partial charge in [0.15, 0.2) is 5.49 Å². The van der Waals surface area contributed by atoms with Crippen molar-refractivity contribution in [2.45, 2.75) is 6.42 Å². The van der Waals surface area contributed by atoms with Crippen LogP contribution in [0.15, 0.2) is 21.6 Å². The van der Waals surface area contributed by atoms with Crippen LogP contribution in [-0.4, -0.2) is 22.4 Å². The average Bonchev–Trinajstić information content (AvgIpc) is 2.75. The minimum Gasteiger partial charge on any atom is -0.478 e. The molecular formula is C10H7N3O2. The largest absolute Gasteiger partial charge is 0.478 e. The van der Waals surface area contributed by atoms with E-state index in [2.05, 4.69) is 15.0 Å². The van der Waals surface area contributed by atoms with Crippen LogP contribution < -0.4 is 10.8 Å². The molecule has 1 aliphatic heterocycles. The van der Waals surface area contributed by atoms with Gasteiger partial charge in [0.05, 0.1) is 0 Å². The number of allylic oxidation sites excluding steroid dienone is 1. The van der Waals surface area contributed by atoms with Crippen LogP contribution in [-0.2, 0) is 11.2 Å². The van der Waals surface area contributed by atoms with Crippen LogP contribution in [0.25, 0.3) is 6.08 Å². The molecular weight excluding hydrogens is 194 g/mol. The molecule has 15 heavy (non-hydrogen) atoms. The van der Waals surface area contributed by atoms with Crippen molar-refractivity contribution < 1.29 is 9.90 Å². The molecule has 0 saturated heterocycles. The highest BCUT2D eigenvalue weighted by Crippen LogP contribution is 2.18. The van der Waals surface area contributed by atoms with Crippen LogP contribution in [0.1, 0.15) is 5.56 Å². The standard InChI is InChI=1S/C10H7N3O2/c14-10(15)5-1-2-7-6(3-5)8-9(13-7)12-4-11-8/h1-2,4H,3H2,(H,14,15)(H,11,12,13). The molecule has 0 fully saturated rings. The van der Waals surface area contributed by atoms with E-state index in [0.29, 0.717) is 12.0 Å². The van der Waals surface area contributed by atoms with E-state index in [4.69, 9.17) is 5.11 Å². The predicted molar refractivity (Wildman–Crippen MR) is 53.6 cm³/mol. The summed E-state index contributed by atoms with van der Waals surface area (Å²) in [7, 11) is 0. The number of rotatable bonds is 1. The summed E-state index contributed by atoms with van der Waals surface area (Å²) in [6.45, 7) is 0. The molecule has 0 aromatic carbocycles. The molecule has 0 spiro atoms. The van der Waals surface area contributed by atoms with Crippen molar-refractivity contribution >= 4 is 24.1 Å². The Kier molecular flexibility index (Phi) is 1.45. The van der Waals surface area contributed by atoms with Gasteiger partial charge in [-0.1, -0.05) is 0 Å². The second-order valence-electron chi connectivity index (χ2n) is 3.43. The molecule has 1 aliphatic carbocycles. The highest BCUT2D eigenvalue weighted by Gasteiger charge is 2.18. The first-order chi connectivity index (χ1) is 7.25. The monoisotopic (exact) mass is 201 g/mol. The summed E-state index contributed by atoms with van der Waals surface area (Å²) in [5.41, 5.74) is 2.79. The number of carbonyl (C=O) groups is 1. The van der Waals surface area contributed by atoms with E-state index in [0.717, 1.165) is 22.1 Å². The second kappa shape index (κ2) is 2.66. The molecule has 1 aromatic heterocycles. The molecule has 0 unspecified atom stereocenters. The minimum atomic E-state index is -0.884. The summed E-state index contributed by atoms with van der Waals surface area (Å²) in [4.78, 5) is 22.1. The topological polar surface area (TPSA) is 77.8 Å². The quantitative estimate of drug-likeness (QED) is 0.651. The van der Waals surface area contributed by atoms with Crippen molar-refractivity contribution in [1.82, 2.24) is 4.98 Å². The van der Waals surface area contributed by atoms with E-state index in [-0.39, 0.29) is 0 Å². The average molecular weight is 201 g/mol. The van der Waals surface area contributed by atoms with Crippen molar-refractivity contribution in [2.75, 3.05) is 0 Å². The van der Waals surface area contributed by atoms with Crippen LogP contribution >= 0.6 is 0 Å². The van der Waals surface area contributed by atoms with E-state index in [1.165, 1.54) is 6.34 Å². The number of fused-ring (bicyclic) bond motifs is 3. The predicted octanol–water partition coefficient (Wildman–Crippen LogP) is -0.345. The van der Waals surface area contributed by atoms with Gasteiger partial charge in [0.2, 0.25) is 0 Å². The number of hydrogen-bond donors (Lipinski definition) is 2. The van der Waals surface area contributed by atoms with E-state index in [1.807, 2.05) is 0 Å². The maximum Gasteiger partial charge on any atom is 0.331 e. The normalized spacial score (nSPS) is 16.1. The highest BCUT2D eigenvalue weighted by molar-refractivity contribution is 5.90. The Labute approximate surface area is 84.2 Å². The van der Waals surface area contributed by atoms with Crippen LogP contribution in [0.3, 0.4) is 0 Å². The third kappa shape index (κ3) is 1.06. The summed E-state index contributed by atoms with van der Waals surface area (Å²) in [5.74, 6) is -0.884. The number of nitrogens with one attached hydrogen (secondary N) is 1. The van der Waals surface area contributed by atoms with Crippen LogP contribution in [0.5, 0.6) is 0 Å². The summed E-state index contributed by atoms with van der Waals surface area (Å²) >= 11 is 0. The third-order valence-electron chi connectivity index (χ3n) is 2.56. The van der Waals surface area contributed by atoms with Gasteiger partial charge in [0.25, 0.3) is 0 Å². The van der Waals surface area contributed by atoms with Gasteiger partial charge in [0.1, 0.15) is 12.0 Å². The van der Waals surface area contributed by atoms with Gasteiger partial charge in [-0.2, -0.15) is 0 Å². The van der Waals surface area contributed by atoms with Crippen LogP contribution in [0.4, 0.5) is 5.69 Å². The van der Waals surface area contributed by atoms with E-state index in [1.54, 1.807) is 12.2 Å². The number of aliphatic imine (C=N–C) groups is 1. The van der Waals surface area contributed by atoms with Crippen LogP contribution in [0.2, 0.25) is 0 Å². The van der Waals surface area contributed by atoms with Crippen molar-refractivity contribution in [1.29, 1.82) is 0 Å². The summed E-state index contributed by atoms with van der Waals surface area (Å²) in [6, 6.07) is 0. The number of carboxylic acids is 1. The maximum atomic E-state index is 10.8. The summed E-state index contributed by atoms with van der Waals surface area (Å²) < 4.78 is 0. The lowest BCUT2D eigenvalue weighted by molar-refractivity contribution is -0.132. The fourth-order valence-electron chi connectivity index (χ4n) is 1.81. The van der Waals surface area contributed by atoms with Crippen molar-refractivity contribution in [3.05, 3.63) is 28.0 Å². The van der Waals surface area contributed by atoms with Crippen molar-refractivity contribution in [3.8, 4) is 0 Å². The van der Waals surface area contributed by atoms with E-state index < -0.39 is 5.97 Å². The zero-order chi connectivity index (χ0) is 10.4. The second-order valence-corrected chi connectivity index (χ2v) is 3.43. The van der Waals surface area contributed by atoms with E-state index in [9.17, 15) is 4.79 Å². The Hall–Kier alpha value is -2.17. The van der Waals surface area contributed by atoms with Gasteiger partial charge in [-0.05, 0) is 12.2 Å². The number of aliphatic carboxylic acids is 1. The number of aromatic amines is 1. The zero-order valence-corrected chi connectivity index (χ0v) is 7.69. The Morgan fingerprint density at radius 1 is 1.47 bits per heavy atom. The van der Waals surface area contributed by atoms with Crippen molar-refractivity contribution in [3.63, 3.8) is 0 Å². The molecule has 0 bridgehead atoms. The Morgan fingerprint density at radius 2 is 2.33 bits per heavy atom. The number of nitrogens with zero attached hydrogens (tertiary/aromatic N) is 2. The Balaban J connectivity index is 2.21. The fraction of sp³-hybridized carbons (Fsp3) is 0.100. The molecule has 2 heterocycles. The first kappa shape index (κ1) is 8.16. The SMILES string of the molecule is O=C(O)C1=CC=c2[nH]c3c(c2C1)N=CN=3. The number of H-pyrrole nitrogens is 1. The van der Waals surface area contributed by atoms with Gasteiger partial charge in [-0.25, -0.2) is 14.8 Å².